The number of hydrogen-bond acceptors (Lipinski definition) is 5. The molecule has 6 heteroatoms. The van der Waals surface area contributed by atoms with E-state index in [0.717, 1.165) is 5.56 Å². The Morgan fingerprint density at radius 1 is 0.935 bits per heavy atom. The van der Waals surface area contributed by atoms with Crippen LogP contribution in [0.15, 0.2) is 54.2 Å². The van der Waals surface area contributed by atoms with Gasteiger partial charge in [0.2, 0.25) is 0 Å². The Balaban J connectivity index is 2.02. The predicted molar refractivity (Wildman–Crippen MR) is 122 cm³/mol. The van der Waals surface area contributed by atoms with Gasteiger partial charge in [-0.3, -0.25) is 9.59 Å². The lowest BCUT2D eigenvalue weighted by atomic mass is 10.0. The highest BCUT2D eigenvalue weighted by Crippen LogP contribution is 2.35. The second kappa shape index (κ2) is 9.35. The average Bonchev–Trinajstić information content (AvgIpc) is 2.98. The van der Waals surface area contributed by atoms with Gasteiger partial charge in [-0.15, -0.1) is 0 Å². The Morgan fingerprint density at radius 2 is 1.55 bits per heavy atom. The number of hydrogen-bond donors (Lipinski definition) is 1. The molecular formula is C25H30N2O4. The van der Waals surface area contributed by atoms with E-state index < -0.39 is 5.91 Å². The van der Waals surface area contributed by atoms with E-state index in [1.165, 1.54) is 4.90 Å². The van der Waals surface area contributed by atoms with Crippen molar-refractivity contribution < 1.29 is 19.4 Å². The molecule has 0 aliphatic carbocycles. The van der Waals surface area contributed by atoms with Gasteiger partial charge in [-0.2, -0.15) is 0 Å². The van der Waals surface area contributed by atoms with E-state index in [9.17, 15) is 14.7 Å². The van der Waals surface area contributed by atoms with E-state index in [-0.39, 0.29) is 30.9 Å². The molecule has 2 aromatic carbocycles. The number of aliphatic hydroxyl groups excluding tert-OH is 1. The largest absolute Gasteiger partial charge is 0.491 e. The smallest absolute Gasteiger partial charge is 0.282 e. The average molecular weight is 423 g/mol. The van der Waals surface area contributed by atoms with E-state index in [2.05, 4.69) is 13.8 Å². The Bertz CT molecular complexity index is 976. The molecule has 164 valence electrons. The number of ether oxygens (including phenoxy) is 1. The summed E-state index contributed by atoms with van der Waals surface area (Å²) in [6, 6.07) is 14.6. The number of carbonyl (C=O) groups is 2. The number of likely N-dealkylation sites (N-methyl/N-ethyl adjacent to an activating group) is 1. The summed E-state index contributed by atoms with van der Waals surface area (Å²) < 4.78 is 5.69. The van der Waals surface area contributed by atoms with Crippen molar-refractivity contribution in [1.29, 1.82) is 0 Å². The molecular weight excluding hydrogens is 392 g/mol. The molecule has 0 saturated carbocycles. The first-order valence-electron chi connectivity index (χ1n) is 10.6. The molecule has 31 heavy (non-hydrogen) atoms. The third-order valence-electron chi connectivity index (χ3n) is 5.21. The van der Waals surface area contributed by atoms with Crippen LogP contribution in [0, 0.1) is 0 Å². The van der Waals surface area contributed by atoms with Gasteiger partial charge in [-0.05, 0) is 55.2 Å². The lowest BCUT2D eigenvalue weighted by molar-refractivity contribution is -0.120. The van der Waals surface area contributed by atoms with Crippen LogP contribution < -0.4 is 9.64 Å². The van der Waals surface area contributed by atoms with Crippen LogP contribution >= 0.6 is 0 Å². The van der Waals surface area contributed by atoms with E-state index in [4.69, 9.17) is 4.74 Å². The molecule has 2 aromatic rings. The van der Waals surface area contributed by atoms with E-state index in [1.54, 1.807) is 48.3 Å². The van der Waals surface area contributed by atoms with Gasteiger partial charge in [0.05, 0.1) is 24.0 Å². The number of imide groups is 1. The van der Waals surface area contributed by atoms with Gasteiger partial charge >= 0.3 is 0 Å². The molecule has 1 aliphatic heterocycles. The van der Waals surface area contributed by atoms with Crippen LogP contribution in [0.4, 0.5) is 5.69 Å². The quantitative estimate of drug-likeness (QED) is 0.655. The summed E-state index contributed by atoms with van der Waals surface area (Å²) in [5.74, 6) is 0.281. The van der Waals surface area contributed by atoms with Crippen molar-refractivity contribution in [1.82, 2.24) is 4.90 Å². The Morgan fingerprint density at radius 3 is 2.06 bits per heavy atom. The van der Waals surface area contributed by atoms with Crippen LogP contribution in [0.1, 0.15) is 44.7 Å². The molecule has 1 aliphatic rings. The normalized spacial score (nSPS) is 14.3. The molecule has 0 radical (unpaired) electrons. The van der Waals surface area contributed by atoms with Gasteiger partial charge in [0.1, 0.15) is 11.4 Å². The lowest BCUT2D eigenvalue weighted by Crippen LogP contribution is -2.34. The van der Waals surface area contributed by atoms with Gasteiger partial charge in [0.15, 0.2) is 0 Å². The third-order valence-corrected chi connectivity index (χ3v) is 5.21. The zero-order valence-corrected chi connectivity index (χ0v) is 18.8. The van der Waals surface area contributed by atoms with Gasteiger partial charge in [0, 0.05) is 13.6 Å². The molecule has 1 heterocycles. The first-order valence-corrected chi connectivity index (χ1v) is 10.6. The summed E-state index contributed by atoms with van der Waals surface area (Å²) in [4.78, 5) is 29.6. The van der Waals surface area contributed by atoms with Crippen molar-refractivity contribution in [2.75, 3.05) is 25.1 Å². The van der Waals surface area contributed by atoms with Gasteiger partial charge < -0.3 is 14.7 Å². The molecule has 6 nitrogen and oxygen atoms in total. The van der Waals surface area contributed by atoms with Crippen molar-refractivity contribution in [2.24, 2.45) is 0 Å². The van der Waals surface area contributed by atoms with Gasteiger partial charge in [-0.1, -0.05) is 38.1 Å². The van der Waals surface area contributed by atoms with Crippen molar-refractivity contribution in [3.05, 3.63) is 65.4 Å². The second-order valence-electron chi connectivity index (χ2n) is 8.25. The maximum absolute atomic E-state index is 13.4. The minimum absolute atomic E-state index is 0.0373. The first-order chi connectivity index (χ1) is 14.7. The van der Waals surface area contributed by atoms with Crippen LogP contribution in [0.5, 0.6) is 5.75 Å². The van der Waals surface area contributed by atoms with Crippen LogP contribution in [0.25, 0.3) is 5.57 Å². The summed E-state index contributed by atoms with van der Waals surface area (Å²) in [6.07, 6.45) is 0.0373. The number of anilines is 1. The summed E-state index contributed by atoms with van der Waals surface area (Å²) in [6.45, 7) is 8.19. The highest BCUT2D eigenvalue weighted by molar-refractivity contribution is 6.45. The Labute approximate surface area is 183 Å². The third kappa shape index (κ3) is 4.64. The summed E-state index contributed by atoms with van der Waals surface area (Å²) in [7, 11) is 1.71. The molecule has 2 amide bonds. The monoisotopic (exact) mass is 422 g/mol. The molecule has 0 bridgehead atoms. The lowest BCUT2D eigenvalue weighted by Gasteiger charge is -2.20. The predicted octanol–water partition coefficient (Wildman–Crippen LogP) is 3.81. The van der Waals surface area contributed by atoms with Gasteiger partial charge in [-0.25, -0.2) is 4.90 Å². The molecule has 0 saturated heterocycles. The second-order valence-corrected chi connectivity index (χ2v) is 8.25. The number of aliphatic hydroxyl groups is 1. The van der Waals surface area contributed by atoms with Crippen molar-refractivity contribution in [3.63, 3.8) is 0 Å². The van der Waals surface area contributed by atoms with Crippen molar-refractivity contribution >= 4 is 23.1 Å². The molecule has 3 rings (SSSR count). The van der Waals surface area contributed by atoms with E-state index in [1.807, 2.05) is 26.0 Å². The minimum Gasteiger partial charge on any atom is -0.491 e. The van der Waals surface area contributed by atoms with E-state index >= 15 is 0 Å². The van der Waals surface area contributed by atoms with Crippen LogP contribution in [-0.4, -0.2) is 48.1 Å². The van der Waals surface area contributed by atoms with E-state index in [0.29, 0.717) is 28.5 Å². The van der Waals surface area contributed by atoms with Crippen LogP contribution in [0.3, 0.4) is 0 Å². The maximum atomic E-state index is 13.4. The molecule has 0 fully saturated rings. The summed E-state index contributed by atoms with van der Waals surface area (Å²) in [5, 5.41) is 9.40. The summed E-state index contributed by atoms with van der Waals surface area (Å²) in [5.41, 5.74) is 2.91. The number of benzene rings is 2. The van der Waals surface area contributed by atoms with Crippen molar-refractivity contribution in [2.45, 2.75) is 39.7 Å². The number of rotatable bonds is 8. The molecule has 0 spiro atoms. The standard InChI is InChI=1S/C25H30N2O4/c1-16(2)18-6-10-20(11-7-18)27-24(29)22(23(25(27)30)26(5)14-15-28)19-8-12-21(13-9-19)31-17(3)4/h6-13,16-17,28H,14-15H2,1-5H3. The summed E-state index contributed by atoms with van der Waals surface area (Å²) >= 11 is 0. The van der Waals surface area contributed by atoms with Crippen molar-refractivity contribution in [3.8, 4) is 5.75 Å². The fourth-order valence-electron chi connectivity index (χ4n) is 3.61. The SMILES string of the molecule is CC(C)Oc1ccc(C2=C(N(C)CCO)C(=O)N(c3ccc(C(C)C)cc3)C2=O)cc1. The molecule has 0 unspecified atom stereocenters. The van der Waals surface area contributed by atoms with Crippen LogP contribution in [-0.2, 0) is 9.59 Å². The fourth-order valence-corrected chi connectivity index (χ4v) is 3.61. The zero-order valence-electron chi connectivity index (χ0n) is 18.8. The highest BCUT2D eigenvalue weighted by atomic mass is 16.5. The minimum atomic E-state index is -0.393. The zero-order chi connectivity index (χ0) is 22.7. The Kier molecular flexibility index (Phi) is 6.81. The number of nitrogens with zero attached hydrogens (tertiary/aromatic N) is 2. The molecule has 1 N–H and O–H groups in total. The van der Waals surface area contributed by atoms with Crippen LogP contribution in [0.2, 0.25) is 0 Å². The molecule has 0 aromatic heterocycles. The topological polar surface area (TPSA) is 70.1 Å². The highest BCUT2D eigenvalue weighted by Gasteiger charge is 2.41. The number of carbonyl (C=O) groups excluding carboxylic acids is 2. The molecule has 0 atom stereocenters. The number of amides is 2. The maximum Gasteiger partial charge on any atom is 0.282 e. The first kappa shape index (κ1) is 22.6. The Hall–Kier alpha value is -3.12. The van der Waals surface area contributed by atoms with Gasteiger partial charge in [0.25, 0.3) is 11.8 Å². The fraction of sp³-hybridized carbons (Fsp3) is 0.360.